The van der Waals surface area contributed by atoms with Gasteiger partial charge in [-0.3, -0.25) is 4.79 Å². The Bertz CT molecular complexity index is 621. The van der Waals surface area contributed by atoms with Gasteiger partial charge in [-0.15, -0.1) is 0 Å². The molecule has 0 unspecified atom stereocenters. The van der Waals surface area contributed by atoms with Crippen LogP contribution in [0.3, 0.4) is 0 Å². The molecule has 1 N–H and O–H groups in total. The van der Waals surface area contributed by atoms with Crippen molar-refractivity contribution in [3.8, 4) is 0 Å². The molecule has 0 aliphatic carbocycles. The van der Waals surface area contributed by atoms with Gasteiger partial charge >= 0.3 is 0 Å². The number of nitrogens with one attached hydrogen (secondary N) is 1. The van der Waals surface area contributed by atoms with Crippen molar-refractivity contribution >= 4 is 28.7 Å². The highest BCUT2D eigenvalue weighted by Gasteiger charge is 2.29. The van der Waals surface area contributed by atoms with E-state index in [9.17, 15) is 4.79 Å². The van der Waals surface area contributed by atoms with Gasteiger partial charge in [0.1, 0.15) is 0 Å². The van der Waals surface area contributed by atoms with E-state index in [1.807, 2.05) is 31.2 Å². The number of nitrogens with zero attached hydrogens (tertiary/aromatic N) is 2. The maximum atomic E-state index is 12.8. The Morgan fingerprint density at radius 2 is 2.27 bits per heavy atom. The first-order chi connectivity index (χ1) is 10.7. The van der Waals surface area contributed by atoms with Crippen LogP contribution < -0.4 is 0 Å². The van der Waals surface area contributed by atoms with Crippen LogP contribution in [-0.2, 0) is 4.79 Å². The predicted octanol–water partition coefficient (Wildman–Crippen LogP) is 3.83. The molecule has 2 atom stereocenters. The maximum absolute atomic E-state index is 12.8. The van der Waals surface area contributed by atoms with Gasteiger partial charge < -0.3 is 9.88 Å². The summed E-state index contributed by atoms with van der Waals surface area (Å²) in [5.74, 6) is 0.247. The third-order valence-corrected chi connectivity index (χ3v) is 5.36. The molecule has 0 spiro atoms. The number of fused-ring (bicyclic) bond motifs is 1. The van der Waals surface area contributed by atoms with E-state index in [1.54, 1.807) is 0 Å². The van der Waals surface area contributed by atoms with Gasteiger partial charge in [0.25, 0.3) is 0 Å². The SMILES string of the molecule is CC[C@H]1CCCCN1C(=O)[C@H](C)Sc1nc2ccccc2[nH]1. The summed E-state index contributed by atoms with van der Waals surface area (Å²) in [5.41, 5.74) is 1.98. The summed E-state index contributed by atoms with van der Waals surface area (Å²) in [4.78, 5) is 22.7. The molecular formula is C17H23N3OS. The minimum Gasteiger partial charge on any atom is -0.339 e. The quantitative estimate of drug-likeness (QED) is 0.872. The number of carbonyl (C=O) groups excluding carboxylic acids is 1. The third-order valence-electron chi connectivity index (χ3n) is 4.39. The lowest BCUT2D eigenvalue weighted by Gasteiger charge is -2.36. The van der Waals surface area contributed by atoms with Gasteiger partial charge in [0, 0.05) is 12.6 Å². The number of aromatic nitrogens is 2. The lowest BCUT2D eigenvalue weighted by molar-refractivity contribution is -0.134. The van der Waals surface area contributed by atoms with Gasteiger partial charge in [-0.1, -0.05) is 30.8 Å². The van der Waals surface area contributed by atoms with Crippen molar-refractivity contribution < 1.29 is 4.79 Å². The van der Waals surface area contributed by atoms with Gasteiger partial charge in [-0.05, 0) is 44.7 Å². The number of likely N-dealkylation sites (tertiary alicyclic amines) is 1. The number of hydrogen-bond donors (Lipinski definition) is 1. The van der Waals surface area contributed by atoms with E-state index in [1.165, 1.54) is 18.2 Å². The highest BCUT2D eigenvalue weighted by atomic mass is 32.2. The second-order valence-corrected chi connectivity index (χ2v) is 7.24. The van der Waals surface area contributed by atoms with Crippen molar-refractivity contribution in [2.75, 3.05) is 6.54 Å². The number of H-pyrrole nitrogens is 1. The van der Waals surface area contributed by atoms with Crippen LogP contribution in [0.1, 0.15) is 39.5 Å². The average Bonchev–Trinajstić information content (AvgIpc) is 2.96. The summed E-state index contributed by atoms with van der Waals surface area (Å²) >= 11 is 1.53. The number of piperidine rings is 1. The summed E-state index contributed by atoms with van der Waals surface area (Å²) in [7, 11) is 0. The van der Waals surface area contributed by atoms with Crippen LogP contribution in [0.25, 0.3) is 11.0 Å². The minimum absolute atomic E-state index is 0.104. The van der Waals surface area contributed by atoms with Gasteiger partial charge in [-0.2, -0.15) is 0 Å². The molecule has 1 amide bonds. The van der Waals surface area contributed by atoms with Crippen LogP contribution in [-0.4, -0.2) is 38.6 Å². The van der Waals surface area contributed by atoms with E-state index in [0.29, 0.717) is 6.04 Å². The zero-order chi connectivity index (χ0) is 15.5. The zero-order valence-electron chi connectivity index (χ0n) is 13.2. The molecule has 118 valence electrons. The van der Waals surface area contributed by atoms with Crippen molar-refractivity contribution in [2.45, 2.75) is 56.0 Å². The van der Waals surface area contributed by atoms with E-state index in [0.717, 1.165) is 42.0 Å². The Hall–Kier alpha value is -1.49. The number of imidazole rings is 1. The fourth-order valence-corrected chi connectivity index (χ4v) is 4.04. The normalized spacial score (nSPS) is 20.3. The number of hydrogen-bond acceptors (Lipinski definition) is 3. The molecule has 0 bridgehead atoms. The molecule has 1 fully saturated rings. The topological polar surface area (TPSA) is 49.0 Å². The first-order valence-corrected chi connectivity index (χ1v) is 8.99. The van der Waals surface area contributed by atoms with Gasteiger partial charge in [0.15, 0.2) is 5.16 Å². The minimum atomic E-state index is -0.104. The number of para-hydroxylation sites is 2. The van der Waals surface area contributed by atoms with Gasteiger partial charge in [-0.25, -0.2) is 4.98 Å². The van der Waals surface area contributed by atoms with E-state index < -0.39 is 0 Å². The van der Waals surface area contributed by atoms with Crippen molar-refractivity contribution in [1.82, 2.24) is 14.9 Å². The molecule has 1 aliphatic heterocycles. The van der Waals surface area contributed by atoms with Crippen LogP contribution in [0.4, 0.5) is 0 Å². The summed E-state index contributed by atoms with van der Waals surface area (Å²) in [6.45, 7) is 5.07. The van der Waals surface area contributed by atoms with Crippen molar-refractivity contribution in [3.63, 3.8) is 0 Å². The van der Waals surface area contributed by atoms with Gasteiger partial charge in [0.2, 0.25) is 5.91 Å². The molecule has 3 rings (SSSR count). The van der Waals surface area contributed by atoms with Crippen LogP contribution in [0.2, 0.25) is 0 Å². The number of amides is 1. The van der Waals surface area contributed by atoms with Crippen molar-refractivity contribution in [1.29, 1.82) is 0 Å². The number of thioether (sulfide) groups is 1. The molecule has 1 aromatic heterocycles. The number of carbonyl (C=O) groups is 1. The van der Waals surface area contributed by atoms with Crippen LogP contribution in [0, 0.1) is 0 Å². The molecule has 2 heterocycles. The molecule has 1 aliphatic rings. The molecule has 1 aromatic carbocycles. The molecule has 0 saturated carbocycles. The fraction of sp³-hybridized carbons (Fsp3) is 0.529. The second-order valence-electron chi connectivity index (χ2n) is 5.91. The number of aromatic amines is 1. The Balaban J connectivity index is 1.70. The van der Waals surface area contributed by atoms with Crippen LogP contribution in [0.15, 0.2) is 29.4 Å². The van der Waals surface area contributed by atoms with E-state index >= 15 is 0 Å². The summed E-state index contributed by atoms with van der Waals surface area (Å²) in [5, 5.41) is 0.722. The van der Waals surface area contributed by atoms with Gasteiger partial charge in [0.05, 0.1) is 16.3 Å². The first kappa shape index (κ1) is 15.4. The fourth-order valence-electron chi connectivity index (χ4n) is 3.15. The molecule has 2 aromatic rings. The summed E-state index contributed by atoms with van der Waals surface area (Å²) in [6, 6.07) is 8.38. The first-order valence-electron chi connectivity index (χ1n) is 8.11. The summed E-state index contributed by atoms with van der Waals surface area (Å²) in [6.07, 6.45) is 4.57. The highest BCUT2D eigenvalue weighted by molar-refractivity contribution is 8.00. The average molecular weight is 317 g/mol. The number of rotatable bonds is 4. The Morgan fingerprint density at radius 1 is 1.45 bits per heavy atom. The molecule has 22 heavy (non-hydrogen) atoms. The molecule has 4 nitrogen and oxygen atoms in total. The monoisotopic (exact) mass is 317 g/mol. The van der Waals surface area contributed by atoms with Crippen LogP contribution >= 0.6 is 11.8 Å². The zero-order valence-corrected chi connectivity index (χ0v) is 14.0. The van der Waals surface area contributed by atoms with Crippen LogP contribution in [0.5, 0.6) is 0 Å². The standard InChI is InChI=1S/C17H23N3OS/c1-3-13-8-6-7-11-20(13)16(21)12(2)22-17-18-14-9-4-5-10-15(14)19-17/h4-5,9-10,12-13H,3,6-8,11H2,1-2H3,(H,18,19)/t12-,13-/m0/s1. The predicted molar refractivity (Wildman–Crippen MR) is 91.1 cm³/mol. The Morgan fingerprint density at radius 3 is 3.05 bits per heavy atom. The summed E-state index contributed by atoms with van der Waals surface area (Å²) < 4.78 is 0. The third kappa shape index (κ3) is 3.14. The molecule has 5 heteroatoms. The number of benzene rings is 1. The highest BCUT2D eigenvalue weighted by Crippen LogP contribution is 2.27. The molecule has 1 saturated heterocycles. The largest absolute Gasteiger partial charge is 0.339 e. The van der Waals surface area contributed by atoms with E-state index in [-0.39, 0.29) is 11.2 Å². The van der Waals surface area contributed by atoms with Crippen molar-refractivity contribution in [3.05, 3.63) is 24.3 Å². The smallest absolute Gasteiger partial charge is 0.236 e. The van der Waals surface area contributed by atoms with E-state index in [2.05, 4.69) is 21.8 Å². The lowest BCUT2D eigenvalue weighted by atomic mass is 10.00. The second kappa shape index (κ2) is 6.73. The molecule has 0 radical (unpaired) electrons. The van der Waals surface area contributed by atoms with E-state index in [4.69, 9.17) is 0 Å². The molecular weight excluding hydrogens is 294 g/mol. The Kier molecular flexibility index (Phi) is 4.71. The lowest BCUT2D eigenvalue weighted by Crippen LogP contribution is -2.46. The maximum Gasteiger partial charge on any atom is 0.236 e. The Labute approximate surface area is 135 Å². The van der Waals surface area contributed by atoms with Crippen molar-refractivity contribution in [2.24, 2.45) is 0 Å².